The van der Waals surface area contributed by atoms with E-state index in [0.717, 1.165) is 26.1 Å². The molecule has 0 fully saturated rings. The number of unbranched alkanes of at least 4 members (excludes halogenated alkanes) is 2. The molecule has 0 aromatic heterocycles. The monoisotopic (exact) mass is 129 g/mol. The second-order valence-corrected chi connectivity index (χ2v) is 2.10. The summed E-state index contributed by atoms with van der Waals surface area (Å²) in [5, 5.41) is 3.22. The van der Waals surface area contributed by atoms with Crippen LogP contribution in [0.25, 0.3) is 0 Å². The summed E-state index contributed by atoms with van der Waals surface area (Å²) < 4.78 is 0. The summed E-state index contributed by atoms with van der Waals surface area (Å²) in [6, 6.07) is 0. The molecule has 0 unspecified atom stereocenters. The highest BCUT2D eigenvalue weighted by Crippen LogP contribution is 1.89. The van der Waals surface area contributed by atoms with E-state index < -0.39 is 0 Å². The van der Waals surface area contributed by atoms with Crippen molar-refractivity contribution in [3.05, 3.63) is 6.92 Å². The lowest BCUT2D eigenvalue weighted by molar-refractivity contribution is 0.630. The van der Waals surface area contributed by atoms with Crippen molar-refractivity contribution in [1.82, 2.24) is 5.32 Å². The molecule has 0 aliphatic carbocycles. The summed E-state index contributed by atoms with van der Waals surface area (Å²) >= 11 is 0. The van der Waals surface area contributed by atoms with Gasteiger partial charge in [-0.15, -0.1) is 0 Å². The first-order chi connectivity index (χ1) is 4.41. The van der Waals surface area contributed by atoms with E-state index in [4.69, 9.17) is 5.73 Å². The van der Waals surface area contributed by atoms with Crippen LogP contribution in [0, 0.1) is 6.92 Å². The van der Waals surface area contributed by atoms with Crippen LogP contribution in [0.1, 0.15) is 19.3 Å². The smallest absolute Gasteiger partial charge is 0.00745 e. The molecular formula is C7H17N2. The van der Waals surface area contributed by atoms with E-state index in [9.17, 15) is 0 Å². The summed E-state index contributed by atoms with van der Waals surface area (Å²) in [5.74, 6) is 0. The van der Waals surface area contributed by atoms with Crippen LogP contribution >= 0.6 is 0 Å². The molecule has 0 rings (SSSR count). The van der Waals surface area contributed by atoms with Crippen molar-refractivity contribution in [1.29, 1.82) is 0 Å². The van der Waals surface area contributed by atoms with E-state index in [1.165, 1.54) is 12.8 Å². The maximum Gasteiger partial charge on any atom is 0.00745 e. The Labute approximate surface area is 57.8 Å². The van der Waals surface area contributed by atoms with E-state index in [0.29, 0.717) is 0 Å². The van der Waals surface area contributed by atoms with Crippen molar-refractivity contribution >= 4 is 0 Å². The molecule has 0 saturated carbocycles. The van der Waals surface area contributed by atoms with Crippen LogP contribution in [0.3, 0.4) is 0 Å². The Morgan fingerprint density at radius 1 is 1.22 bits per heavy atom. The largest absolute Gasteiger partial charge is 0.329 e. The lowest BCUT2D eigenvalue weighted by Crippen LogP contribution is -2.23. The highest BCUT2D eigenvalue weighted by molar-refractivity contribution is 4.48. The zero-order valence-electron chi connectivity index (χ0n) is 6.03. The zero-order chi connectivity index (χ0) is 6.95. The molecule has 1 radical (unpaired) electrons. The van der Waals surface area contributed by atoms with Crippen molar-refractivity contribution in [2.75, 3.05) is 19.6 Å². The molecule has 0 heterocycles. The van der Waals surface area contributed by atoms with Crippen LogP contribution in [0.15, 0.2) is 0 Å². The molecule has 9 heavy (non-hydrogen) atoms. The van der Waals surface area contributed by atoms with Crippen molar-refractivity contribution in [3.63, 3.8) is 0 Å². The van der Waals surface area contributed by atoms with Crippen molar-refractivity contribution in [2.45, 2.75) is 19.3 Å². The van der Waals surface area contributed by atoms with E-state index in [1.807, 2.05) is 0 Å². The maximum absolute atomic E-state index is 5.27. The first-order valence-electron chi connectivity index (χ1n) is 3.62. The van der Waals surface area contributed by atoms with Gasteiger partial charge >= 0.3 is 0 Å². The predicted octanol–water partition coefficient (Wildman–Crippen LogP) is 0.539. The average Bonchev–Trinajstić information content (AvgIpc) is 1.89. The lowest BCUT2D eigenvalue weighted by atomic mass is 10.2. The van der Waals surface area contributed by atoms with Gasteiger partial charge in [-0.2, -0.15) is 0 Å². The van der Waals surface area contributed by atoms with Crippen molar-refractivity contribution < 1.29 is 0 Å². The summed E-state index contributed by atoms with van der Waals surface area (Å²) in [6.45, 7) is 6.52. The van der Waals surface area contributed by atoms with Crippen LogP contribution in [0.5, 0.6) is 0 Å². The summed E-state index contributed by atoms with van der Waals surface area (Å²) in [4.78, 5) is 0. The Morgan fingerprint density at radius 2 is 2.00 bits per heavy atom. The molecule has 2 heteroatoms. The predicted molar refractivity (Wildman–Crippen MR) is 41.1 cm³/mol. The van der Waals surface area contributed by atoms with Gasteiger partial charge in [0.15, 0.2) is 0 Å². The van der Waals surface area contributed by atoms with Gasteiger partial charge in [-0.05, 0) is 13.0 Å². The van der Waals surface area contributed by atoms with Gasteiger partial charge in [-0.3, -0.25) is 0 Å². The van der Waals surface area contributed by atoms with Gasteiger partial charge in [0.1, 0.15) is 0 Å². The minimum atomic E-state index is 0.740. The Balaban J connectivity index is 2.60. The number of nitrogens with one attached hydrogen (secondary N) is 1. The molecule has 0 saturated heterocycles. The minimum absolute atomic E-state index is 0.740. The van der Waals surface area contributed by atoms with E-state index in [1.54, 1.807) is 0 Å². The number of rotatable bonds is 6. The molecule has 0 aromatic carbocycles. The van der Waals surface area contributed by atoms with Gasteiger partial charge in [-0.1, -0.05) is 19.8 Å². The molecular weight excluding hydrogens is 112 g/mol. The topological polar surface area (TPSA) is 38.0 Å². The molecule has 55 valence electrons. The normalized spacial score (nSPS) is 10.0. The van der Waals surface area contributed by atoms with Crippen LogP contribution in [0.4, 0.5) is 0 Å². The Kier molecular flexibility index (Phi) is 7.85. The van der Waals surface area contributed by atoms with Crippen LogP contribution in [0.2, 0.25) is 0 Å². The Hall–Kier alpha value is -0.0800. The van der Waals surface area contributed by atoms with Gasteiger partial charge in [-0.25, -0.2) is 0 Å². The second-order valence-electron chi connectivity index (χ2n) is 2.10. The van der Waals surface area contributed by atoms with Crippen LogP contribution < -0.4 is 11.1 Å². The van der Waals surface area contributed by atoms with Crippen LogP contribution in [-0.4, -0.2) is 19.6 Å². The number of hydrogen-bond donors (Lipinski definition) is 2. The third-order valence-electron chi connectivity index (χ3n) is 1.17. The number of nitrogens with two attached hydrogens (primary N) is 1. The summed E-state index contributed by atoms with van der Waals surface area (Å²) in [7, 11) is 0. The fourth-order valence-electron chi connectivity index (χ4n) is 0.654. The van der Waals surface area contributed by atoms with E-state index in [2.05, 4.69) is 12.2 Å². The van der Waals surface area contributed by atoms with Gasteiger partial charge in [0.2, 0.25) is 0 Å². The Bertz CT molecular complexity index is 40.2. The molecule has 0 aliphatic heterocycles. The van der Waals surface area contributed by atoms with Gasteiger partial charge in [0, 0.05) is 13.1 Å². The summed E-state index contributed by atoms with van der Waals surface area (Å²) in [6.07, 6.45) is 3.49. The number of hydrogen-bond acceptors (Lipinski definition) is 2. The highest BCUT2D eigenvalue weighted by atomic mass is 14.9. The van der Waals surface area contributed by atoms with Crippen LogP contribution in [-0.2, 0) is 0 Å². The zero-order valence-corrected chi connectivity index (χ0v) is 6.03. The van der Waals surface area contributed by atoms with Crippen molar-refractivity contribution in [3.8, 4) is 0 Å². The Morgan fingerprint density at radius 3 is 2.56 bits per heavy atom. The third kappa shape index (κ3) is 7.92. The maximum atomic E-state index is 5.27. The molecule has 0 spiro atoms. The second kappa shape index (κ2) is 7.92. The summed E-state index contributed by atoms with van der Waals surface area (Å²) in [5.41, 5.74) is 5.27. The highest BCUT2D eigenvalue weighted by Gasteiger charge is 1.83. The average molecular weight is 129 g/mol. The SMILES string of the molecule is [CH2]CCCCNCCN. The van der Waals surface area contributed by atoms with Crippen molar-refractivity contribution in [2.24, 2.45) is 5.73 Å². The first kappa shape index (κ1) is 8.92. The molecule has 3 N–H and O–H groups in total. The molecule has 0 aromatic rings. The standard InChI is InChI=1S/C7H17N2/c1-2-3-4-6-9-7-5-8/h9H,1-8H2. The lowest BCUT2D eigenvalue weighted by Gasteiger charge is -1.99. The fourth-order valence-corrected chi connectivity index (χ4v) is 0.654. The van der Waals surface area contributed by atoms with E-state index in [-0.39, 0.29) is 0 Å². The van der Waals surface area contributed by atoms with E-state index >= 15 is 0 Å². The fraction of sp³-hybridized carbons (Fsp3) is 0.857. The van der Waals surface area contributed by atoms with Gasteiger partial charge in [0.25, 0.3) is 0 Å². The van der Waals surface area contributed by atoms with Gasteiger partial charge in [0.05, 0.1) is 0 Å². The van der Waals surface area contributed by atoms with Gasteiger partial charge < -0.3 is 11.1 Å². The molecule has 0 amide bonds. The minimum Gasteiger partial charge on any atom is -0.329 e. The molecule has 0 aliphatic rings. The molecule has 0 atom stereocenters. The quantitative estimate of drug-likeness (QED) is 0.514. The first-order valence-corrected chi connectivity index (χ1v) is 3.62. The third-order valence-corrected chi connectivity index (χ3v) is 1.17. The molecule has 0 bridgehead atoms. The molecule has 2 nitrogen and oxygen atoms in total.